The normalized spacial score (nSPS) is 17.8. The Balaban J connectivity index is 3.24. The predicted octanol–water partition coefficient (Wildman–Crippen LogP) is -2.65. The molecule has 0 aliphatic carbocycles. The molecule has 0 spiro atoms. The van der Waals surface area contributed by atoms with Gasteiger partial charge >= 0.3 is 5.97 Å². The van der Waals surface area contributed by atoms with Gasteiger partial charge in [-0.25, -0.2) is 4.79 Å². The molecule has 14 N–H and O–H groups in total. The fourth-order valence-corrected chi connectivity index (χ4v) is 6.87. The zero-order chi connectivity index (χ0) is 45.9. The van der Waals surface area contributed by atoms with E-state index in [0.717, 1.165) is 0 Å². The first-order chi connectivity index (χ1) is 28.0. The summed E-state index contributed by atoms with van der Waals surface area (Å²) < 4.78 is 0. The molecule has 0 saturated carbocycles. The maximum Gasteiger partial charge on any atom is 0.327 e. The number of rotatable bonds is 26. The molecule has 0 aromatic heterocycles. The summed E-state index contributed by atoms with van der Waals surface area (Å²) >= 11 is 5.42. The quantitative estimate of drug-likeness (QED) is 0.0183. The third-order valence-corrected chi connectivity index (χ3v) is 10.7. The highest BCUT2D eigenvalue weighted by Crippen LogP contribution is 2.20. The first-order valence-corrected chi connectivity index (χ1v) is 22.0. The Morgan fingerprint density at radius 3 is 1.92 bits per heavy atom. The van der Waals surface area contributed by atoms with Crippen molar-refractivity contribution >= 4 is 77.7 Å². The average molecular weight is 890 g/mol. The van der Waals surface area contributed by atoms with E-state index in [4.69, 9.17) is 16.9 Å². The third kappa shape index (κ3) is 18.1. The summed E-state index contributed by atoms with van der Waals surface area (Å²) in [5.41, 5.74) is 11.4. The van der Waals surface area contributed by atoms with Crippen LogP contribution in [-0.2, 0) is 38.4 Å². The number of amides is 7. The number of likely N-dealkylation sites (tertiary alicyclic amines) is 1. The minimum absolute atomic E-state index is 0.0402. The highest BCUT2D eigenvalue weighted by Gasteiger charge is 2.39. The van der Waals surface area contributed by atoms with Gasteiger partial charge in [0, 0.05) is 18.8 Å². The number of carboxylic acids is 1. The first-order valence-electron chi connectivity index (χ1n) is 20.0. The number of nitrogens with zero attached hydrogens (tertiary/aromatic N) is 1. The van der Waals surface area contributed by atoms with Crippen LogP contribution in [0, 0.1) is 17.2 Å². The fraction of sp³-hybridized carbons (Fsp3) is 0.757. The highest BCUT2D eigenvalue weighted by atomic mass is 32.2. The molecule has 1 rings (SSSR count). The summed E-state index contributed by atoms with van der Waals surface area (Å²) in [4.78, 5) is 107. The van der Waals surface area contributed by atoms with Crippen molar-refractivity contribution in [2.75, 3.05) is 30.9 Å². The van der Waals surface area contributed by atoms with Gasteiger partial charge in [-0.15, -0.1) is 0 Å². The number of thioether (sulfide) groups is 1. The summed E-state index contributed by atoms with van der Waals surface area (Å²) in [6.07, 6.45) is 1.52. The molecule has 0 aromatic carbocycles. The standard InChI is InChI=1S/C37H67N11O10S2/c1-18(2)16-24(31(52)46-25(17-59)36(57)58)45-34(55)28(21(6)49)47-30(51)22(10-8-13-41-37(39)40)43-32(53)26-11-9-14-48(26)35(56)20(5)42-29(50)23(12-15-60-7)44-33(54)27(38)19(3)4/h18-28,49,59H,8-17,38H2,1-7H3,(H,42,50)(H,43,53)(H,44,54)(H,45,55)(H,46,52)(H,47,51)(H,57,58)(H4,39,40,41)/t20-,21+,22+,23-,24-,25-,26-,27-,28-/m0/s1. The Hall–Kier alpha value is -4.35. The SMILES string of the molecule is CSCC[C@H](NC(=O)[C@@H](N)C(C)C)C(=O)N[C@@H](C)C(=O)N1CCC[C@H]1C(=O)N[C@H](CCCNC(=N)N)C(=O)N[C@H](C(=O)N[C@@H](CC(C)C)C(=O)N[C@@H](CS)C(=O)O)[C@@H](C)O. The summed E-state index contributed by atoms with van der Waals surface area (Å²) in [5.74, 6) is -6.69. The van der Waals surface area contributed by atoms with Crippen molar-refractivity contribution in [2.45, 2.75) is 135 Å². The van der Waals surface area contributed by atoms with Crippen molar-refractivity contribution in [3.63, 3.8) is 0 Å². The lowest BCUT2D eigenvalue weighted by Gasteiger charge is -2.30. The molecule has 0 aromatic rings. The lowest BCUT2D eigenvalue weighted by molar-refractivity contribution is -0.142. The lowest BCUT2D eigenvalue weighted by Crippen LogP contribution is -2.61. The van der Waals surface area contributed by atoms with E-state index < -0.39 is 102 Å². The second kappa shape index (κ2) is 26.8. The van der Waals surface area contributed by atoms with Crippen LogP contribution >= 0.6 is 24.4 Å². The van der Waals surface area contributed by atoms with Crippen molar-refractivity contribution < 1.29 is 48.6 Å². The van der Waals surface area contributed by atoms with Crippen LogP contribution in [0.25, 0.3) is 0 Å². The zero-order valence-corrected chi connectivity index (χ0v) is 37.3. The van der Waals surface area contributed by atoms with E-state index >= 15 is 0 Å². The van der Waals surface area contributed by atoms with E-state index in [1.807, 2.05) is 6.26 Å². The van der Waals surface area contributed by atoms with Crippen molar-refractivity contribution in [3.05, 3.63) is 0 Å². The Morgan fingerprint density at radius 1 is 0.817 bits per heavy atom. The van der Waals surface area contributed by atoms with Crippen LogP contribution in [-0.4, -0.2) is 154 Å². The molecule has 23 heteroatoms. The average Bonchev–Trinajstić information content (AvgIpc) is 3.67. The zero-order valence-electron chi connectivity index (χ0n) is 35.5. The van der Waals surface area contributed by atoms with E-state index in [-0.39, 0.29) is 68.7 Å². The minimum Gasteiger partial charge on any atom is -0.480 e. The fourth-order valence-electron chi connectivity index (χ4n) is 6.15. The molecule has 9 atom stereocenters. The van der Waals surface area contributed by atoms with Gasteiger partial charge in [0.1, 0.15) is 42.3 Å². The number of aliphatic hydroxyl groups is 1. The van der Waals surface area contributed by atoms with E-state index in [2.05, 4.69) is 49.8 Å². The molecule has 1 heterocycles. The van der Waals surface area contributed by atoms with Crippen molar-refractivity contribution in [2.24, 2.45) is 23.3 Å². The number of thiol groups is 1. The van der Waals surface area contributed by atoms with Crippen LogP contribution < -0.4 is 48.7 Å². The summed E-state index contributed by atoms with van der Waals surface area (Å²) in [7, 11) is 0. The number of carbonyl (C=O) groups is 8. The van der Waals surface area contributed by atoms with E-state index in [1.54, 1.807) is 27.7 Å². The monoisotopic (exact) mass is 889 g/mol. The molecule has 342 valence electrons. The Kier molecular flexibility index (Phi) is 23.9. The van der Waals surface area contributed by atoms with Gasteiger partial charge < -0.3 is 63.8 Å². The molecular weight excluding hydrogens is 823 g/mol. The molecule has 1 aliphatic heterocycles. The van der Waals surface area contributed by atoms with E-state index in [9.17, 15) is 48.6 Å². The minimum atomic E-state index is -1.63. The molecule has 7 amide bonds. The predicted molar refractivity (Wildman–Crippen MR) is 230 cm³/mol. The summed E-state index contributed by atoms with van der Waals surface area (Å²) in [6.45, 7) is 10.1. The molecule has 0 radical (unpaired) electrons. The maximum absolute atomic E-state index is 13.8. The van der Waals surface area contributed by atoms with Crippen LogP contribution in [0.2, 0.25) is 0 Å². The maximum atomic E-state index is 13.8. The first kappa shape index (κ1) is 53.7. The lowest BCUT2D eigenvalue weighted by atomic mass is 10.0. The van der Waals surface area contributed by atoms with Gasteiger partial charge in [-0.05, 0) is 76.2 Å². The second-order valence-electron chi connectivity index (χ2n) is 15.6. The number of hydrogen-bond donors (Lipinski definition) is 13. The number of guanidine groups is 1. The van der Waals surface area contributed by atoms with Crippen LogP contribution in [0.15, 0.2) is 0 Å². The third-order valence-electron chi connectivity index (χ3n) is 9.65. The van der Waals surface area contributed by atoms with Gasteiger partial charge in [0.15, 0.2) is 5.96 Å². The molecule has 1 aliphatic rings. The van der Waals surface area contributed by atoms with Crippen LogP contribution in [0.1, 0.15) is 80.1 Å². The topological polar surface area (TPSA) is 340 Å². The van der Waals surface area contributed by atoms with Gasteiger partial charge in [0.25, 0.3) is 0 Å². The molecule has 1 saturated heterocycles. The molecule has 0 bridgehead atoms. The number of carboxylic acid groups (broad SMARTS) is 1. The van der Waals surface area contributed by atoms with Gasteiger partial charge in [-0.3, -0.25) is 39.0 Å². The number of aliphatic hydroxyl groups excluding tert-OH is 1. The molecule has 1 fully saturated rings. The number of carbonyl (C=O) groups excluding carboxylic acids is 7. The highest BCUT2D eigenvalue weighted by molar-refractivity contribution is 7.98. The van der Waals surface area contributed by atoms with Crippen molar-refractivity contribution in [3.8, 4) is 0 Å². The molecule has 60 heavy (non-hydrogen) atoms. The van der Waals surface area contributed by atoms with Gasteiger partial charge in [-0.1, -0.05) is 27.7 Å². The molecule has 0 unspecified atom stereocenters. The van der Waals surface area contributed by atoms with Gasteiger partial charge in [0.2, 0.25) is 41.4 Å². The summed E-state index contributed by atoms with van der Waals surface area (Å²) in [6, 6.07) is -9.50. The molecule has 21 nitrogen and oxygen atoms in total. The van der Waals surface area contributed by atoms with Crippen LogP contribution in [0.3, 0.4) is 0 Å². The Labute approximate surface area is 361 Å². The smallest absolute Gasteiger partial charge is 0.327 e. The van der Waals surface area contributed by atoms with Gasteiger partial charge in [-0.2, -0.15) is 24.4 Å². The van der Waals surface area contributed by atoms with Gasteiger partial charge in [0.05, 0.1) is 12.1 Å². The Morgan fingerprint density at radius 2 is 1.38 bits per heavy atom. The van der Waals surface area contributed by atoms with Crippen LogP contribution in [0.4, 0.5) is 0 Å². The number of aliphatic carboxylic acids is 1. The second-order valence-corrected chi connectivity index (χ2v) is 16.9. The van der Waals surface area contributed by atoms with Crippen molar-refractivity contribution in [1.29, 1.82) is 5.41 Å². The largest absolute Gasteiger partial charge is 0.480 e. The van der Waals surface area contributed by atoms with E-state index in [0.29, 0.717) is 12.2 Å². The summed E-state index contributed by atoms with van der Waals surface area (Å²) in [5, 5.41) is 45.2. The molecular formula is C37H67N11O10S2. The van der Waals surface area contributed by atoms with E-state index in [1.165, 1.54) is 30.5 Å². The van der Waals surface area contributed by atoms with Crippen LogP contribution in [0.5, 0.6) is 0 Å². The number of hydrogen-bond acceptors (Lipinski definition) is 13. The number of nitrogens with one attached hydrogen (secondary N) is 8. The number of nitrogens with two attached hydrogens (primary N) is 2. The Bertz CT molecular complexity index is 1510. The van der Waals surface area contributed by atoms with Crippen molar-refractivity contribution in [1.82, 2.24) is 42.1 Å².